The van der Waals surface area contributed by atoms with Crippen LogP contribution in [-0.4, -0.2) is 24.3 Å². The van der Waals surface area contributed by atoms with E-state index in [1.807, 2.05) is 0 Å². The molecule has 0 bridgehead atoms. The van der Waals surface area contributed by atoms with Gasteiger partial charge >= 0.3 is 6.18 Å². The lowest BCUT2D eigenvalue weighted by molar-refractivity contribution is -0.137. The summed E-state index contributed by atoms with van der Waals surface area (Å²) in [5, 5.41) is 12.8. The highest BCUT2D eigenvalue weighted by molar-refractivity contribution is 5.27. The molecule has 1 saturated carbocycles. The van der Waals surface area contributed by atoms with Crippen molar-refractivity contribution >= 4 is 0 Å². The molecule has 0 spiro atoms. The molecular weight excluding hydrogens is 267 g/mol. The molecule has 20 heavy (non-hydrogen) atoms. The molecule has 1 aromatic rings. The van der Waals surface area contributed by atoms with Gasteiger partial charge in [-0.2, -0.15) is 13.2 Å². The zero-order valence-corrected chi connectivity index (χ0v) is 11.3. The van der Waals surface area contributed by atoms with Gasteiger partial charge in [0.2, 0.25) is 0 Å². The molecule has 1 aliphatic carbocycles. The summed E-state index contributed by atoms with van der Waals surface area (Å²) in [6.07, 6.45) is 0.426. The molecular formula is C15H20F3NO. The van der Waals surface area contributed by atoms with Gasteiger partial charge in [-0.25, -0.2) is 0 Å². The third-order valence-corrected chi connectivity index (χ3v) is 3.94. The van der Waals surface area contributed by atoms with E-state index in [9.17, 15) is 18.3 Å². The van der Waals surface area contributed by atoms with E-state index < -0.39 is 11.7 Å². The second-order valence-electron chi connectivity index (χ2n) is 5.39. The maximum Gasteiger partial charge on any atom is 0.416 e. The second-order valence-corrected chi connectivity index (χ2v) is 5.39. The van der Waals surface area contributed by atoms with Crippen molar-refractivity contribution in [2.24, 2.45) is 0 Å². The van der Waals surface area contributed by atoms with Crippen LogP contribution in [0.5, 0.6) is 0 Å². The average Bonchev–Trinajstić information content (AvgIpc) is 2.92. The van der Waals surface area contributed by atoms with Gasteiger partial charge in [0.1, 0.15) is 0 Å². The van der Waals surface area contributed by atoms with Crippen LogP contribution in [0.2, 0.25) is 0 Å². The second kappa shape index (κ2) is 6.59. The molecule has 2 nitrogen and oxygen atoms in total. The summed E-state index contributed by atoms with van der Waals surface area (Å²) < 4.78 is 37.5. The first-order valence-corrected chi connectivity index (χ1v) is 7.02. The van der Waals surface area contributed by atoms with E-state index in [-0.39, 0.29) is 12.5 Å². The molecule has 2 N–H and O–H groups in total. The molecule has 1 aliphatic rings. The lowest BCUT2D eigenvalue weighted by Crippen LogP contribution is -2.31. The Kier molecular flexibility index (Phi) is 5.05. The molecule has 1 aromatic carbocycles. The molecule has 1 atom stereocenters. The Bertz CT molecular complexity index is 410. The van der Waals surface area contributed by atoms with Crippen molar-refractivity contribution < 1.29 is 18.3 Å². The monoisotopic (exact) mass is 287 g/mol. The number of benzene rings is 1. The molecule has 5 heteroatoms. The van der Waals surface area contributed by atoms with Gasteiger partial charge in [0.15, 0.2) is 0 Å². The summed E-state index contributed by atoms with van der Waals surface area (Å²) in [6.45, 7) is 0.539. The topological polar surface area (TPSA) is 32.3 Å². The molecule has 112 valence electrons. The van der Waals surface area contributed by atoms with Crippen LogP contribution in [0.25, 0.3) is 0 Å². The summed E-state index contributed by atoms with van der Waals surface area (Å²) in [5.74, 6) is -0.155. The molecule has 0 heterocycles. The Hall–Kier alpha value is -1.07. The molecule has 0 amide bonds. The molecule has 0 aliphatic heterocycles. The lowest BCUT2D eigenvalue weighted by atomic mass is 9.98. The summed E-state index contributed by atoms with van der Waals surface area (Å²) in [4.78, 5) is 0. The zero-order valence-electron chi connectivity index (χ0n) is 11.3. The maximum atomic E-state index is 12.5. The van der Waals surface area contributed by atoms with Gasteiger partial charge in [-0.1, -0.05) is 25.0 Å². The standard InChI is InChI=1S/C15H20F3NO/c16-15(17,18)13-7-5-11(6-8-13)12(10-20)9-19-14-3-1-2-4-14/h5-8,12,14,19-20H,1-4,9-10H2. The minimum absolute atomic E-state index is 0.0644. The molecule has 0 saturated heterocycles. The van der Waals surface area contributed by atoms with E-state index in [0.29, 0.717) is 12.6 Å². The molecule has 1 unspecified atom stereocenters. The molecule has 0 aromatic heterocycles. The fourth-order valence-electron chi connectivity index (χ4n) is 2.67. The quantitative estimate of drug-likeness (QED) is 0.871. The summed E-state index contributed by atoms with van der Waals surface area (Å²) in [7, 11) is 0. The largest absolute Gasteiger partial charge is 0.416 e. The highest BCUT2D eigenvalue weighted by Gasteiger charge is 2.30. The van der Waals surface area contributed by atoms with Crippen LogP contribution in [0.4, 0.5) is 13.2 Å². The Labute approximate surface area is 117 Å². The number of hydrogen-bond acceptors (Lipinski definition) is 2. The highest BCUT2D eigenvalue weighted by Crippen LogP contribution is 2.30. The number of aliphatic hydroxyl groups is 1. The van der Waals surface area contributed by atoms with E-state index in [0.717, 1.165) is 30.5 Å². The average molecular weight is 287 g/mol. The van der Waals surface area contributed by atoms with Gasteiger partial charge in [0.05, 0.1) is 12.2 Å². The van der Waals surface area contributed by atoms with Gasteiger partial charge in [-0.3, -0.25) is 0 Å². The molecule has 1 fully saturated rings. The van der Waals surface area contributed by atoms with Crippen LogP contribution in [0.3, 0.4) is 0 Å². The SMILES string of the molecule is OCC(CNC1CCCC1)c1ccc(C(F)(F)F)cc1. The minimum atomic E-state index is -4.31. The van der Waals surface area contributed by atoms with Gasteiger partial charge in [0.25, 0.3) is 0 Å². The normalized spacial score (nSPS) is 18.4. The smallest absolute Gasteiger partial charge is 0.396 e. The number of rotatable bonds is 5. The Morgan fingerprint density at radius 1 is 1.15 bits per heavy atom. The molecule has 0 radical (unpaired) electrons. The van der Waals surface area contributed by atoms with Crippen LogP contribution in [0.1, 0.15) is 42.7 Å². The van der Waals surface area contributed by atoms with Crippen LogP contribution in [-0.2, 0) is 6.18 Å². The summed E-state index contributed by atoms with van der Waals surface area (Å²) in [5.41, 5.74) is 0.0905. The highest BCUT2D eigenvalue weighted by atomic mass is 19.4. The van der Waals surface area contributed by atoms with E-state index in [1.165, 1.54) is 25.0 Å². The van der Waals surface area contributed by atoms with Gasteiger partial charge in [0, 0.05) is 18.5 Å². The summed E-state index contributed by atoms with van der Waals surface area (Å²) >= 11 is 0. The van der Waals surface area contributed by atoms with Crippen molar-refractivity contribution in [1.82, 2.24) is 5.32 Å². The first kappa shape index (κ1) is 15.3. The molecule has 2 rings (SSSR count). The first-order valence-electron chi connectivity index (χ1n) is 7.02. The van der Waals surface area contributed by atoms with Gasteiger partial charge in [-0.15, -0.1) is 0 Å². The van der Waals surface area contributed by atoms with E-state index in [4.69, 9.17) is 0 Å². The van der Waals surface area contributed by atoms with E-state index in [1.54, 1.807) is 0 Å². The number of halogens is 3. The first-order chi connectivity index (χ1) is 9.50. The Morgan fingerprint density at radius 3 is 2.25 bits per heavy atom. The van der Waals surface area contributed by atoms with Crippen molar-refractivity contribution in [1.29, 1.82) is 0 Å². The van der Waals surface area contributed by atoms with E-state index >= 15 is 0 Å². The fraction of sp³-hybridized carbons (Fsp3) is 0.600. The fourth-order valence-corrected chi connectivity index (χ4v) is 2.67. The van der Waals surface area contributed by atoms with Crippen LogP contribution >= 0.6 is 0 Å². The van der Waals surface area contributed by atoms with Crippen molar-refractivity contribution in [3.8, 4) is 0 Å². The van der Waals surface area contributed by atoms with E-state index in [2.05, 4.69) is 5.32 Å². The Balaban J connectivity index is 1.96. The third kappa shape index (κ3) is 3.96. The zero-order chi connectivity index (χ0) is 14.6. The number of hydrogen-bond donors (Lipinski definition) is 2. The van der Waals surface area contributed by atoms with Crippen LogP contribution in [0, 0.1) is 0 Å². The van der Waals surface area contributed by atoms with Gasteiger partial charge < -0.3 is 10.4 Å². The number of aliphatic hydroxyl groups excluding tert-OH is 1. The maximum absolute atomic E-state index is 12.5. The minimum Gasteiger partial charge on any atom is -0.396 e. The van der Waals surface area contributed by atoms with Crippen molar-refractivity contribution in [2.45, 2.75) is 43.8 Å². The third-order valence-electron chi connectivity index (χ3n) is 3.94. The predicted octanol–water partition coefficient (Wildman–Crippen LogP) is 3.31. The number of alkyl halides is 3. The lowest BCUT2D eigenvalue weighted by Gasteiger charge is -2.19. The van der Waals surface area contributed by atoms with Crippen molar-refractivity contribution in [2.75, 3.05) is 13.2 Å². The number of nitrogens with one attached hydrogen (secondary N) is 1. The van der Waals surface area contributed by atoms with Crippen LogP contribution in [0.15, 0.2) is 24.3 Å². The Morgan fingerprint density at radius 2 is 1.75 bits per heavy atom. The van der Waals surface area contributed by atoms with Crippen molar-refractivity contribution in [3.05, 3.63) is 35.4 Å². The predicted molar refractivity (Wildman–Crippen MR) is 71.5 cm³/mol. The summed E-state index contributed by atoms with van der Waals surface area (Å²) in [6, 6.07) is 5.56. The van der Waals surface area contributed by atoms with Crippen LogP contribution < -0.4 is 5.32 Å². The van der Waals surface area contributed by atoms with Gasteiger partial charge in [-0.05, 0) is 30.5 Å². The van der Waals surface area contributed by atoms with Crippen molar-refractivity contribution in [3.63, 3.8) is 0 Å².